The topological polar surface area (TPSA) is 88.2 Å². The number of nitrogen functional groups attached to an aromatic ring is 1. The van der Waals surface area contributed by atoms with E-state index in [4.69, 9.17) is 10.8 Å². The number of nitrogens with zero attached hydrogens (tertiary/aromatic N) is 1. The molecule has 2 unspecified atom stereocenters. The normalized spacial score (nSPS) is 22.9. The second-order valence-electron chi connectivity index (χ2n) is 5.01. The highest BCUT2D eigenvalue weighted by molar-refractivity contribution is 5.94. The Morgan fingerprint density at radius 3 is 3.00 bits per heavy atom. The first-order valence-electron chi connectivity index (χ1n) is 6.30. The lowest BCUT2D eigenvalue weighted by molar-refractivity contribution is 0.0698. The van der Waals surface area contributed by atoms with Crippen LogP contribution in [0.2, 0.25) is 0 Å². The highest BCUT2D eigenvalue weighted by Gasteiger charge is 2.23. The van der Waals surface area contributed by atoms with Crippen molar-refractivity contribution in [1.82, 2.24) is 4.98 Å². The summed E-state index contributed by atoms with van der Waals surface area (Å²) < 4.78 is 0. The summed E-state index contributed by atoms with van der Waals surface area (Å²) in [5.74, 6) is 0.565. The van der Waals surface area contributed by atoms with Gasteiger partial charge in [0.2, 0.25) is 0 Å². The van der Waals surface area contributed by atoms with Crippen LogP contribution in [0.15, 0.2) is 12.3 Å². The Hall–Kier alpha value is -1.78. The summed E-state index contributed by atoms with van der Waals surface area (Å²) in [6.07, 6.45) is 5.23. The molecule has 0 aromatic carbocycles. The molecule has 1 aliphatic rings. The number of aromatic nitrogens is 1. The predicted molar refractivity (Wildman–Crippen MR) is 70.6 cm³/mol. The molecule has 1 heterocycles. The molecule has 1 aromatic heterocycles. The molecular weight excluding hydrogens is 230 g/mol. The van der Waals surface area contributed by atoms with E-state index in [2.05, 4.69) is 17.2 Å². The molecule has 0 spiro atoms. The zero-order valence-corrected chi connectivity index (χ0v) is 10.5. The molecule has 0 aliphatic heterocycles. The summed E-state index contributed by atoms with van der Waals surface area (Å²) >= 11 is 0. The Bertz CT molecular complexity index is 448. The minimum atomic E-state index is -0.980. The number of pyridine rings is 1. The van der Waals surface area contributed by atoms with E-state index in [1.165, 1.54) is 31.5 Å². The Kier molecular flexibility index (Phi) is 3.69. The van der Waals surface area contributed by atoms with Gasteiger partial charge in [0.15, 0.2) is 0 Å². The number of hydrogen-bond donors (Lipinski definition) is 3. The first kappa shape index (κ1) is 12.7. The molecule has 5 heteroatoms. The van der Waals surface area contributed by atoms with Crippen molar-refractivity contribution in [2.45, 2.75) is 26.2 Å². The second-order valence-corrected chi connectivity index (χ2v) is 5.01. The SMILES string of the molecule is CC1CCCC1CNc1cnc(N)cc1C(=O)O. The average molecular weight is 249 g/mol. The Balaban J connectivity index is 2.06. The van der Waals surface area contributed by atoms with Gasteiger partial charge in [-0.2, -0.15) is 0 Å². The van der Waals surface area contributed by atoms with E-state index in [0.717, 1.165) is 6.54 Å². The third kappa shape index (κ3) is 2.72. The first-order chi connectivity index (χ1) is 8.58. The van der Waals surface area contributed by atoms with Crippen LogP contribution >= 0.6 is 0 Å². The molecule has 2 rings (SSSR count). The van der Waals surface area contributed by atoms with E-state index in [0.29, 0.717) is 17.5 Å². The van der Waals surface area contributed by atoms with Crippen molar-refractivity contribution in [2.75, 3.05) is 17.6 Å². The summed E-state index contributed by atoms with van der Waals surface area (Å²) in [6, 6.07) is 1.39. The molecule has 1 aromatic rings. The van der Waals surface area contributed by atoms with Gasteiger partial charge in [0.25, 0.3) is 0 Å². The molecule has 18 heavy (non-hydrogen) atoms. The molecule has 5 nitrogen and oxygen atoms in total. The van der Waals surface area contributed by atoms with Gasteiger partial charge >= 0.3 is 5.97 Å². The molecule has 0 bridgehead atoms. The van der Waals surface area contributed by atoms with E-state index in [-0.39, 0.29) is 11.4 Å². The summed E-state index contributed by atoms with van der Waals surface area (Å²) in [7, 11) is 0. The number of carbonyl (C=O) groups is 1. The van der Waals surface area contributed by atoms with Crippen molar-refractivity contribution >= 4 is 17.5 Å². The summed E-state index contributed by atoms with van der Waals surface area (Å²) in [5.41, 5.74) is 6.24. The average Bonchev–Trinajstić information content (AvgIpc) is 2.73. The monoisotopic (exact) mass is 249 g/mol. The van der Waals surface area contributed by atoms with E-state index < -0.39 is 5.97 Å². The molecule has 2 atom stereocenters. The number of nitrogens with two attached hydrogens (primary N) is 1. The van der Waals surface area contributed by atoms with E-state index >= 15 is 0 Å². The summed E-state index contributed by atoms with van der Waals surface area (Å²) in [6.45, 7) is 3.05. The maximum atomic E-state index is 11.1. The van der Waals surface area contributed by atoms with Crippen LogP contribution in [0.25, 0.3) is 0 Å². The number of anilines is 2. The number of nitrogens with one attached hydrogen (secondary N) is 1. The van der Waals surface area contributed by atoms with E-state index in [9.17, 15) is 4.79 Å². The molecule has 0 amide bonds. The molecule has 98 valence electrons. The van der Waals surface area contributed by atoms with Crippen LogP contribution in [0.3, 0.4) is 0 Å². The van der Waals surface area contributed by atoms with E-state index in [1.807, 2.05) is 0 Å². The van der Waals surface area contributed by atoms with Crippen LogP contribution in [-0.2, 0) is 0 Å². The van der Waals surface area contributed by atoms with Gasteiger partial charge in [-0.15, -0.1) is 0 Å². The second kappa shape index (κ2) is 5.25. The zero-order valence-electron chi connectivity index (χ0n) is 10.5. The van der Waals surface area contributed by atoms with Gasteiger partial charge in [0, 0.05) is 6.54 Å². The first-order valence-corrected chi connectivity index (χ1v) is 6.30. The van der Waals surface area contributed by atoms with E-state index in [1.54, 1.807) is 0 Å². The van der Waals surface area contributed by atoms with Crippen LogP contribution in [0, 0.1) is 11.8 Å². The van der Waals surface area contributed by atoms with Crippen LogP contribution in [0.5, 0.6) is 0 Å². The maximum absolute atomic E-state index is 11.1. The lowest BCUT2D eigenvalue weighted by Gasteiger charge is -2.17. The number of carboxylic acid groups (broad SMARTS) is 1. The zero-order chi connectivity index (χ0) is 13.1. The number of rotatable bonds is 4. The van der Waals surface area contributed by atoms with Crippen LogP contribution in [0.4, 0.5) is 11.5 Å². The fraction of sp³-hybridized carbons (Fsp3) is 0.538. The highest BCUT2D eigenvalue weighted by Crippen LogP contribution is 2.31. The largest absolute Gasteiger partial charge is 0.478 e. The van der Waals surface area contributed by atoms with Crippen molar-refractivity contribution < 1.29 is 9.90 Å². The van der Waals surface area contributed by atoms with Crippen LogP contribution in [-0.4, -0.2) is 22.6 Å². The maximum Gasteiger partial charge on any atom is 0.337 e. The Labute approximate surface area is 106 Å². The minimum Gasteiger partial charge on any atom is -0.478 e. The van der Waals surface area contributed by atoms with Crippen LogP contribution in [0.1, 0.15) is 36.5 Å². The van der Waals surface area contributed by atoms with Crippen molar-refractivity contribution in [1.29, 1.82) is 0 Å². The smallest absolute Gasteiger partial charge is 0.337 e. The van der Waals surface area contributed by atoms with Crippen molar-refractivity contribution in [3.05, 3.63) is 17.8 Å². The van der Waals surface area contributed by atoms with Crippen molar-refractivity contribution in [3.63, 3.8) is 0 Å². The summed E-state index contributed by atoms with van der Waals surface area (Å²) in [5, 5.41) is 12.3. The van der Waals surface area contributed by atoms with Gasteiger partial charge in [-0.3, -0.25) is 0 Å². The quantitative estimate of drug-likeness (QED) is 0.761. The Morgan fingerprint density at radius 2 is 2.39 bits per heavy atom. The predicted octanol–water partition coefficient (Wildman–Crippen LogP) is 2.21. The minimum absolute atomic E-state index is 0.188. The van der Waals surface area contributed by atoms with Gasteiger partial charge in [0.05, 0.1) is 17.4 Å². The molecule has 0 radical (unpaired) electrons. The fourth-order valence-electron chi connectivity index (χ4n) is 2.56. The molecule has 1 saturated carbocycles. The fourth-order valence-corrected chi connectivity index (χ4v) is 2.56. The van der Waals surface area contributed by atoms with Gasteiger partial charge in [-0.05, 0) is 24.3 Å². The number of hydrogen-bond acceptors (Lipinski definition) is 4. The van der Waals surface area contributed by atoms with Crippen molar-refractivity contribution in [2.24, 2.45) is 11.8 Å². The number of carboxylic acids is 1. The Morgan fingerprint density at radius 1 is 1.61 bits per heavy atom. The van der Waals surface area contributed by atoms with Gasteiger partial charge < -0.3 is 16.2 Å². The molecule has 1 fully saturated rings. The highest BCUT2D eigenvalue weighted by atomic mass is 16.4. The third-order valence-electron chi connectivity index (χ3n) is 3.75. The van der Waals surface area contributed by atoms with Crippen LogP contribution < -0.4 is 11.1 Å². The molecule has 4 N–H and O–H groups in total. The summed E-state index contributed by atoms with van der Waals surface area (Å²) in [4.78, 5) is 15.0. The lowest BCUT2D eigenvalue weighted by Crippen LogP contribution is -2.18. The molecule has 0 saturated heterocycles. The van der Waals surface area contributed by atoms with Crippen molar-refractivity contribution in [3.8, 4) is 0 Å². The lowest BCUT2D eigenvalue weighted by atomic mass is 9.98. The third-order valence-corrected chi connectivity index (χ3v) is 3.75. The van der Waals surface area contributed by atoms with Gasteiger partial charge in [-0.1, -0.05) is 19.8 Å². The number of aromatic carboxylic acids is 1. The molecule has 1 aliphatic carbocycles. The van der Waals surface area contributed by atoms with Gasteiger partial charge in [-0.25, -0.2) is 9.78 Å². The molecular formula is C13H19N3O2. The van der Waals surface area contributed by atoms with Gasteiger partial charge in [0.1, 0.15) is 5.82 Å². The standard InChI is InChI=1S/C13H19N3O2/c1-8-3-2-4-9(8)6-15-11-7-16-12(14)5-10(11)13(17)18/h5,7-9,15H,2-4,6H2,1H3,(H2,14,16)(H,17,18).